The predicted octanol–water partition coefficient (Wildman–Crippen LogP) is 5.16. The van der Waals surface area contributed by atoms with Gasteiger partial charge in [0, 0.05) is 32.7 Å². The Balaban J connectivity index is 2.52. The van der Waals surface area contributed by atoms with Crippen molar-refractivity contribution in [3.05, 3.63) is 62.0 Å². The van der Waals surface area contributed by atoms with Crippen molar-refractivity contribution in [1.82, 2.24) is 10.2 Å². The molecule has 0 spiro atoms. The molecular formula is C24H30BrCl2N3O4S. The van der Waals surface area contributed by atoms with E-state index in [-0.39, 0.29) is 18.5 Å². The average Bonchev–Trinajstić information content (AvgIpc) is 2.74. The Morgan fingerprint density at radius 3 is 2.20 bits per heavy atom. The van der Waals surface area contributed by atoms with Crippen molar-refractivity contribution in [2.75, 3.05) is 17.1 Å². The van der Waals surface area contributed by atoms with Crippen LogP contribution in [0.1, 0.15) is 38.3 Å². The Kier molecular flexibility index (Phi) is 10.4. The van der Waals surface area contributed by atoms with Crippen molar-refractivity contribution in [3.63, 3.8) is 0 Å². The SMILES string of the molecule is CC[C@@H](C(=O)NC(C)C)N(Cc1c(Cl)cccc1Cl)C(=O)CN(c1ccc(Br)c(C)c1)S(C)(=O)=O. The molecule has 0 aliphatic rings. The molecule has 11 heteroatoms. The van der Waals surface area contributed by atoms with Gasteiger partial charge in [0.25, 0.3) is 0 Å². The van der Waals surface area contributed by atoms with E-state index in [4.69, 9.17) is 23.2 Å². The Bertz CT molecular complexity index is 1170. The van der Waals surface area contributed by atoms with Gasteiger partial charge < -0.3 is 10.2 Å². The molecule has 0 radical (unpaired) electrons. The molecule has 0 saturated carbocycles. The second-order valence-corrected chi connectivity index (χ2v) is 12.1. The van der Waals surface area contributed by atoms with E-state index in [0.717, 1.165) is 20.6 Å². The first-order valence-corrected chi connectivity index (χ1v) is 14.4. The van der Waals surface area contributed by atoms with Gasteiger partial charge in [0.15, 0.2) is 0 Å². The quantitative estimate of drug-likeness (QED) is 0.405. The van der Waals surface area contributed by atoms with Crippen molar-refractivity contribution >= 4 is 66.7 Å². The van der Waals surface area contributed by atoms with Crippen LogP contribution in [0.3, 0.4) is 0 Å². The molecule has 1 N–H and O–H groups in total. The minimum absolute atomic E-state index is 0.0572. The number of amides is 2. The third kappa shape index (κ3) is 7.84. The molecule has 0 bridgehead atoms. The summed E-state index contributed by atoms with van der Waals surface area (Å²) in [6, 6.07) is 8.99. The van der Waals surface area contributed by atoms with Gasteiger partial charge in [0.05, 0.1) is 11.9 Å². The predicted molar refractivity (Wildman–Crippen MR) is 145 cm³/mol. The van der Waals surface area contributed by atoms with E-state index in [1.165, 1.54) is 4.90 Å². The zero-order valence-corrected chi connectivity index (χ0v) is 24.2. The summed E-state index contributed by atoms with van der Waals surface area (Å²) in [5, 5.41) is 3.53. The first-order valence-electron chi connectivity index (χ1n) is 11.0. The van der Waals surface area contributed by atoms with Crippen LogP contribution in [0, 0.1) is 6.92 Å². The van der Waals surface area contributed by atoms with Crippen molar-refractivity contribution < 1.29 is 18.0 Å². The van der Waals surface area contributed by atoms with Crippen LogP contribution in [0.25, 0.3) is 0 Å². The summed E-state index contributed by atoms with van der Waals surface area (Å²) in [5.41, 5.74) is 1.63. The van der Waals surface area contributed by atoms with Crippen LogP contribution in [0.5, 0.6) is 0 Å². The maximum absolute atomic E-state index is 13.7. The normalized spacial score (nSPS) is 12.4. The third-order valence-corrected chi connectivity index (χ3v) is 8.05. The van der Waals surface area contributed by atoms with Crippen LogP contribution in [0.2, 0.25) is 10.0 Å². The van der Waals surface area contributed by atoms with Crippen molar-refractivity contribution in [2.24, 2.45) is 0 Å². The minimum atomic E-state index is -3.82. The second-order valence-electron chi connectivity index (χ2n) is 8.51. The Hall–Kier alpha value is -1.81. The van der Waals surface area contributed by atoms with Gasteiger partial charge in [-0.3, -0.25) is 13.9 Å². The number of rotatable bonds is 10. The second kappa shape index (κ2) is 12.4. The summed E-state index contributed by atoms with van der Waals surface area (Å²) in [6.07, 6.45) is 1.35. The van der Waals surface area contributed by atoms with Gasteiger partial charge in [0.1, 0.15) is 12.6 Å². The molecule has 2 aromatic carbocycles. The van der Waals surface area contributed by atoms with Gasteiger partial charge in [-0.05, 0) is 63.1 Å². The maximum Gasteiger partial charge on any atom is 0.244 e. The molecule has 0 unspecified atom stereocenters. The van der Waals surface area contributed by atoms with E-state index < -0.39 is 28.5 Å². The fourth-order valence-corrected chi connectivity index (χ4v) is 5.16. The molecule has 1 atom stereocenters. The number of nitrogens with one attached hydrogen (secondary N) is 1. The zero-order valence-electron chi connectivity index (χ0n) is 20.3. The lowest BCUT2D eigenvalue weighted by Gasteiger charge is -2.33. The number of hydrogen-bond acceptors (Lipinski definition) is 4. The van der Waals surface area contributed by atoms with Crippen LogP contribution in [0.15, 0.2) is 40.9 Å². The number of halogens is 3. The molecule has 0 saturated heterocycles. The fraction of sp³-hybridized carbons (Fsp3) is 0.417. The van der Waals surface area contributed by atoms with Crippen LogP contribution >= 0.6 is 39.1 Å². The molecule has 7 nitrogen and oxygen atoms in total. The van der Waals surface area contributed by atoms with E-state index in [1.54, 1.807) is 43.3 Å². The molecule has 192 valence electrons. The van der Waals surface area contributed by atoms with E-state index in [1.807, 2.05) is 20.8 Å². The fourth-order valence-electron chi connectivity index (χ4n) is 3.55. The highest BCUT2D eigenvalue weighted by molar-refractivity contribution is 9.10. The number of carbonyl (C=O) groups is 2. The highest BCUT2D eigenvalue weighted by atomic mass is 79.9. The van der Waals surface area contributed by atoms with E-state index in [9.17, 15) is 18.0 Å². The van der Waals surface area contributed by atoms with Gasteiger partial charge in [-0.1, -0.05) is 52.1 Å². The van der Waals surface area contributed by atoms with Crippen molar-refractivity contribution in [3.8, 4) is 0 Å². The van der Waals surface area contributed by atoms with Gasteiger partial charge in [0.2, 0.25) is 21.8 Å². The smallest absolute Gasteiger partial charge is 0.244 e. The molecule has 35 heavy (non-hydrogen) atoms. The lowest BCUT2D eigenvalue weighted by Crippen LogP contribution is -2.53. The number of carbonyl (C=O) groups excluding carboxylic acids is 2. The Morgan fingerprint density at radius 2 is 1.71 bits per heavy atom. The molecule has 0 aliphatic heterocycles. The largest absolute Gasteiger partial charge is 0.352 e. The third-order valence-electron chi connectivity index (χ3n) is 5.32. The Labute approximate surface area is 225 Å². The summed E-state index contributed by atoms with van der Waals surface area (Å²) >= 11 is 16.1. The topological polar surface area (TPSA) is 86.8 Å². The molecule has 0 fully saturated rings. The monoisotopic (exact) mass is 605 g/mol. The maximum atomic E-state index is 13.7. The van der Waals surface area contributed by atoms with Gasteiger partial charge in [-0.15, -0.1) is 0 Å². The zero-order chi connectivity index (χ0) is 26.5. The van der Waals surface area contributed by atoms with Crippen LogP contribution < -0.4 is 9.62 Å². The summed E-state index contributed by atoms with van der Waals surface area (Å²) in [6.45, 7) is 6.70. The van der Waals surface area contributed by atoms with Gasteiger partial charge >= 0.3 is 0 Å². The number of anilines is 1. The van der Waals surface area contributed by atoms with E-state index in [0.29, 0.717) is 27.7 Å². The average molecular weight is 607 g/mol. The van der Waals surface area contributed by atoms with Gasteiger partial charge in [-0.2, -0.15) is 0 Å². The molecule has 2 rings (SSSR count). The highest BCUT2D eigenvalue weighted by Crippen LogP contribution is 2.28. The standard InChI is InChI=1S/C24H30BrCl2N3O4S/c1-6-22(24(32)28-15(2)3)29(13-18-20(26)8-7-9-21(18)27)23(31)14-30(35(5,33)34)17-10-11-19(25)16(4)12-17/h7-12,15,22H,6,13-14H2,1-5H3,(H,28,32)/t22-/m0/s1. The summed E-state index contributed by atoms with van der Waals surface area (Å²) in [7, 11) is -3.82. The lowest BCUT2D eigenvalue weighted by atomic mass is 10.1. The number of hydrogen-bond donors (Lipinski definition) is 1. The number of aryl methyl sites for hydroxylation is 1. The van der Waals surface area contributed by atoms with Crippen LogP contribution in [0.4, 0.5) is 5.69 Å². The Morgan fingerprint density at radius 1 is 1.11 bits per heavy atom. The number of sulfonamides is 1. The summed E-state index contributed by atoms with van der Waals surface area (Å²) in [5.74, 6) is -0.901. The summed E-state index contributed by atoms with van der Waals surface area (Å²) < 4.78 is 27.2. The molecule has 2 aromatic rings. The van der Waals surface area contributed by atoms with Crippen molar-refractivity contribution in [1.29, 1.82) is 0 Å². The summed E-state index contributed by atoms with van der Waals surface area (Å²) in [4.78, 5) is 28.0. The molecule has 0 heterocycles. The molecular weight excluding hydrogens is 577 g/mol. The first kappa shape index (κ1) is 29.4. The molecule has 2 amide bonds. The number of nitrogens with zero attached hydrogens (tertiary/aromatic N) is 2. The van der Waals surface area contributed by atoms with Gasteiger partial charge in [-0.25, -0.2) is 8.42 Å². The minimum Gasteiger partial charge on any atom is -0.352 e. The van der Waals surface area contributed by atoms with Crippen LogP contribution in [-0.4, -0.2) is 50.0 Å². The van der Waals surface area contributed by atoms with E-state index >= 15 is 0 Å². The highest BCUT2D eigenvalue weighted by Gasteiger charge is 2.32. The lowest BCUT2D eigenvalue weighted by molar-refractivity contribution is -0.140. The van der Waals surface area contributed by atoms with Crippen molar-refractivity contribution in [2.45, 2.75) is 52.7 Å². The van der Waals surface area contributed by atoms with E-state index in [2.05, 4.69) is 21.2 Å². The molecule has 0 aromatic heterocycles. The first-order chi connectivity index (χ1) is 16.3. The molecule has 0 aliphatic carbocycles. The number of benzene rings is 2. The van der Waals surface area contributed by atoms with Crippen LogP contribution in [-0.2, 0) is 26.2 Å².